The number of carbonyl (C=O) groups is 1. The van der Waals surface area contributed by atoms with Gasteiger partial charge in [0.25, 0.3) is 0 Å². The van der Waals surface area contributed by atoms with Crippen molar-refractivity contribution < 1.29 is 13.7 Å². The Hall–Kier alpha value is -1.94. The van der Waals surface area contributed by atoms with Crippen molar-refractivity contribution in [3.63, 3.8) is 0 Å². The van der Waals surface area contributed by atoms with Gasteiger partial charge in [0.05, 0.1) is 23.7 Å². The van der Waals surface area contributed by atoms with Gasteiger partial charge < -0.3 is 4.74 Å². The molecule has 1 atom stereocenters. The van der Waals surface area contributed by atoms with Crippen LogP contribution in [0.3, 0.4) is 0 Å². The van der Waals surface area contributed by atoms with Crippen molar-refractivity contribution in [2.75, 3.05) is 12.9 Å². The Kier molecular flexibility index (Phi) is 4.91. The maximum atomic E-state index is 12.2. The molecule has 0 amide bonds. The summed E-state index contributed by atoms with van der Waals surface area (Å²) in [5.74, 6) is 0.595. The summed E-state index contributed by atoms with van der Waals surface area (Å²) in [4.78, 5) is 12.8. The van der Waals surface area contributed by atoms with E-state index in [2.05, 4.69) is 0 Å². The molecular weight excluding hydrogens is 284 g/mol. The second-order valence-electron chi connectivity index (χ2n) is 4.89. The van der Waals surface area contributed by atoms with Crippen LogP contribution in [0, 0.1) is 13.8 Å². The average molecular weight is 302 g/mol. The fourth-order valence-corrected chi connectivity index (χ4v) is 2.94. The highest BCUT2D eigenvalue weighted by molar-refractivity contribution is 7.85. The molecular formula is C17H18O3S. The quantitative estimate of drug-likeness (QED) is 0.796. The topological polar surface area (TPSA) is 43.4 Å². The SMILES string of the molecule is COc1ccc(S(=O)CC(=O)c2ccc(C)c(C)c2)cc1. The predicted molar refractivity (Wildman–Crippen MR) is 84.5 cm³/mol. The lowest BCUT2D eigenvalue weighted by Crippen LogP contribution is -2.11. The maximum absolute atomic E-state index is 12.2. The molecule has 0 N–H and O–H groups in total. The third kappa shape index (κ3) is 3.79. The first-order valence-corrected chi connectivity index (χ1v) is 7.96. The molecule has 4 heteroatoms. The van der Waals surface area contributed by atoms with Crippen LogP contribution >= 0.6 is 0 Å². The van der Waals surface area contributed by atoms with Gasteiger partial charge in [-0.2, -0.15) is 0 Å². The molecule has 21 heavy (non-hydrogen) atoms. The zero-order chi connectivity index (χ0) is 15.4. The van der Waals surface area contributed by atoms with E-state index in [0.29, 0.717) is 16.2 Å². The molecule has 2 aromatic carbocycles. The minimum Gasteiger partial charge on any atom is -0.497 e. The zero-order valence-corrected chi connectivity index (χ0v) is 13.2. The zero-order valence-electron chi connectivity index (χ0n) is 12.4. The summed E-state index contributed by atoms with van der Waals surface area (Å²) in [6.45, 7) is 3.96. The van der Waals surface area contributed by atoms with Crippen LogP contribution in [0.25, 0.3) is 0 Å². The number of rotatable bonds is 5. The average Bonchev–Trinajstić information content (AvgIpc) is 2.50. The van der Waals surface area contributed by atoms with Crippen LogP contribution in [0.4, 0.5) is 0 Å². The monoisotopic (exact) mass is 302 g/mol. The summed E-state index contributed by atoms with van der Waals surface area (Å²) >= 11 is 0. The van der Waals surface area contributed by atoms with E-state index in [0.717, 1.165) is 11.1 Å². The van der Waals surface area contributed by atoms with Crippen LogP contribution in [-0.2, 0) is 10.8 Å². The first-order valence-electron chi connectivity index (χ1n) is 6.64. The fourth-order valence-electron chi connectivity index (χ4n) is 1.93. The van der Waals surface area contributed by atoms with Crippen LogP contribution in [-0.4, -0.2) is 22.9 Å². The lowest BCUT2D eigenvalue weighted by molar-refractivity contribution is 0.102. The molecule has 0 aliphatic heterocycles. The fraction of sp³-hybridized carbons (Fsp3) is 0.235. The van der Waals surface area contributed by atoms with Crippen LogP contribution in [0.5, 0.6) is 5.75 Å². The van der Waals surface area contributed by atoms with Gasteiger partial charge in [-0.3, -0.25) is 9.00 Å². The minimum absolute atomic E-state index is 0.00513. The number of aryl methyl sites for hydroxylation is 2. The molecule has 2 aromatic rings. The van der Waals surface area contributed by atoms with E-state index in [1.165, 1.54) is 0 Å². The Bertz CT molecular complexity index is 675. The number of methoxy groups -OCH3 is 1. The number of benzene rings is 2. The smallest absolute Gasteiger partial charge is 0.175 e. The van der Waals surface area contributed by atoms with Gasteiger partial charge in [-0.05, 0) is 55.3 Å². The number of carbonyl (C=O) groups excluding carboxylic acids is 1. The van der Waals surface area contributed by atoms with Gasteiger partial charge in [-0.1, -0.05) is 12.1 Å². The second kappa shape index (κ2) is 6.68. The van der Waals surface area contributed by atoms with Crippen LogP contribution in [0.1, 0.15) is 21.5 Å². The van der Waals surface area contributed by atoms with E-state index in [1.807, 2.05) is 26.0 Å². The highest BCUT2D eigenvalue weighted by Crippen LogP contribution is 2.16. The Balaban J connectivity index is 2.10. The lowest BCUT2D eigenvalue weighted by atomic mass is 10.0. The predicted octanol–water partition coefficient (Wildman–Crippen LogP) is 3.30. The Labute approximate surface area is 127 Å². The Morgan fingerprint density at radius 3 is 2.29 bits per heavy atom. The minimum atomic E-state index is -1.34. The number of ketones is 1. The number of Topliss-reactive ketones (excluding diaryl/α,β-unsaturated/α-hetero) is 1. The Morgan fingerprint density at radius 2 is 1.71 bits per heavy atom. The van der Waals surface area contributed by atoms with Crippen LogP contribution < -0.4 is 4.74 Å². The van der Waals surface area contributed by atoms with Gasteiger partial charge in [-0.15, -0.1) is 0 Å². The number of hydrogen-bond donors (Lipinski definition) is 0. The highest BCUT2D eigenvalue weighted by Gasteiger charge is 2.13. The summed E-state index contributed by atoms with van der Waals surface area (Å²) in [5.41, 5.74) is 2.82. The van der Waals surface area contributed by atoms with Crippen LogP contribution in [0.15, 0.2) is 47.4 Å². The molecule has 0 spiro atoms. The van der Waals surface area contributed by atoms with Gasteiger partial charge in [0, 0.05) is 10.5 Å². The molecule has 0 heterocycles. The third-order valence-electron chi connectivity index (χ3n) is 3.41. The van der Waals surface area contributed by atoms with Gasteiger partial charge in [-0.25, -0.2) is 0 Å². The summed E-state index contributed by atoms with van der Waals surface area (Å²) in [6.07, 6.45) is 0. The van der Waals surface area contributed by atoms with Crippen molar-refractivity contribution in [2.24, 2.45) is 0 Å². The number of hydrogen-bond acceptors (Lipinski definition) is 3. The molecule has 0 aliphatic carbocycles. The van der Waals surface area contributed by atoms with Crippen molar-refractivity contribution in [2.45, 2.75) is 18.7 Å². The molecule has 110 valence electrons. The van der Waals surface area contributed by atoms with Gasteiger partial charge in [0.1, 0.15) is 5.75 Å². The highest BCUT2D eigenvalue weighted by atomic mass is 32.2. The van der Waals surface area contributed by atoms with E-state index in [-0.39, 0.29) is 11.5 Å². The van der Waals surface area contributed by atoms with Crippen molar-refractivity contribution in [3.05, 3.63) is 59.2 Å². The standard InChI is InChI=1S/C17H18O3S/c1-12-4-5-14(10-13(12)2)17(18)11-21(19)16-8-6-15(20-3)7-9-16/h4-10H,11H2,1-3H3. The van der Waals surface area contributed by atoms with E-state index in [9.17, 15) is 9.00 Å². The molecule has 0 aromatic heterocycles. The van der Waals surface area contributed by atoms with Gasteiger partial charge >= 0.3 is 0 Å². The van der Waals surface area contributed by atoms with E-state index in [4.69, 9.17) is 4.74 Å². The molecule has 0 fully saturated rings. The summed E-state index contributed by atoms with van der Waals surface area (Å²) in [5, 5.41) is 0. The largest absolute Gasteiger partial charge is 0.497 e. The normalized spacial score (nSPS) is 12.0. The van der Waals surface area contributed by atoms with Crippen molar-refractivity contribution in [1.82, 2.24) is 0 Å². The van der Waals surface area contributed by atoms with E-state index < -0.39 is 10.8 Å². The number of ether oxygens (including phenoxy) is 1. The summed E-state index contributed by atoms with van der Waals surface area (Å²) in [6, 6.07) is 12.5. The molecule has 0 radical (unpaired) electrons. The van der Waals surface area contributed by atoms with Gasteiger partial charge in [0.15, 0.2) is 5.78 Å². The summed E-state index contributed by atoms with van der Waals surface area (Å²) < 4.78 is 17.3. The lowest BCUT2D eigenvalue weighted by Gasteiger charge is -2.06. The molecule has 0 aliphatic rings. The Morgan fingerprint density at radius 1 is 1.05 bits per heavy atom. The van der Waals surface area contributed by atoms with Crippen molar-refractivity contribution >= 4 is 16.6 Å². The van der Waals surface area contributed by atoms with Gasteiger partial charge in [0.2, 0.25) is 0 Å². The molecule has 2 rings (SSSR count). The first kappa shape index (κ1) is 15.4. The van der Waals surface area contributed by atoms with E-state index in [1.54, 1.807) is 37.4 Å². The third-order valence-corrected chi connectivity index (χ3v) is 4.74. The van der Waals surface area contributed by atoms with Crippen LogP contribution in [0.2, 0.25) is 0 Å². The van der Waals surface area contributed by atoms with Crippen molar-refractivity contribution in [3.8, 4) is 5.75 Å². The molecule has 0 bridgehead atoms. The van der Waals surface area contributed by atoms with E-state index >= 15 is 0 Å². The molecule has 0 saturated carbocycles. The van der Waals surface area contributed by atoms with Crippen molar-refractivity contribution in [1.29, 1.82) is 0 Å². The molecule has 1 unspecified atom stereocenters. The maximum Gasteiger partial charge on any atom is 0.175 e. The molecule has 3 nitrogen and oxygen atoms in total. The first-order chi connectivity index (χ1) is 10.0. The molecule has 0 saturated heterocycles. The second-order valence-corrected chi connectivity index (χ2v) is 6.34. The summed E-state index contributed by atoms with van der Waals surface area (Å²) in [7, 11) is 0.237.